The molecule has 2 aromatic heterocycles. The summed E-state index contributed by atoms with van der Waals surface area (Å²) < 4.78 is 1.95. The van der Waals surface area contributed by atoms with Gasteiger partial charge in [0.1, 0.15) is 6.33 Å². The smallest absolute Gasteiger partial charge is 0.165 e. The molecule has 0 radical (unpaired) electrons. The first-order chi connectivity index (χ1) is 10.2. The molecule has 21 heavy (non-hydrogen) atoms. The van der Waals surface area contributed by atoms with Crippen LogP contribution in [0.5, 0.6) is 0 Å². The third-order valence-corrected chi connectivity index (χ3v) is 4.57. The Bertz CT molecular complexity index is 614. The SMILES string of the molecule is CCC(O)(CC)Cn1cnc2c(N3CCCC3)ncnc21. The van der Waals surface area contributed by atoms with Gasteiger partial charge in [-0.05, 0) is 25.7 Å². The molecule has 0 saturated carbocycles. The standard InChI is InChI=1S/C15H23N5O/c1-3-15(21,4-2)9-20-11-18-12-13(16-10-17-14(12)20)19-7-5-6-8-19/h10-11,21H,3-9H2,1-2H3. The quantitative estimate of drug-likeness (QED) is 0.911. The van der Waals surface area contributed by atoms with Crippen molar-refractivity contribution in [2.45, 2.75) is 51.7 Å². The van der Waals surface area contributed by atoms with Crippen molar-refractivity contribution >= 4 is 17.0 Å². The monoisotopic (exact) mass is 289 g/mol. The van der Waals surface area contributed by atoms with Gasteiger partial charge in [0.05, 0.1) is 18.5 Å². The molecule has 3 heterocycles. The number of aliphatic hydroxyl groups is 1. The van der Waals surface area contributed by atoms with Gasteiger partial charge in [-0.2, -0.15) is 0 Å². The van der Waals surface area contributed by atoms with Crippen molar-refractivity contribution in [3.8, 4) is 0 Å². The second-order valence-electron chi connectivity index (χ2n) is 5.87. The van der Waals surface area contributed by atoms with Crippen molar-refractivity contribution in [3.63, 3.8) is 0 Å². The van der Waals surface area contributed by atoms with E-state index >= 15 is 0 Å². The van der Waals surface area contributed by atoms with E-state index in [0.29, 0.717) is 19.4 Å². The van der Waals surface area contributed by atoms with Crippen molar-refractivity contribution in [1.82, 2.24) is 19.5 Å². The Morgan fingerprint density at radius 2 is 1.86 bits per heavy atom. The van der Waals surface area contributed by atoms with Crippen LogP contribution >= 0.6 is 0 Å². The first-order valence-corrected chi connectivity index (χ1v) is 7.80. The highest BCUT2D eigenvalue weighted by molar-refractivity contribution is 5.83. The minimum Gasteiger partial charge on any atom is -0.388 e. The Kier molecular flexibility index (Phi) is 3.80. The fourth-order valence-corrected chi connectivity index (χ4v) is 2.94. The van der Waals surface area contributed by atoms with Gasteiger partial charge in [-0.25, -0.2) is 15.0 Å². The summed E-state index contributed by atoms with van der Waals surface area (Å²) in [6, 6.07) is 0. The van der Waals surface area contributed by atoms with Crippen LogP contribution in [0.25, 0.3) is 11.2 Å². The van der Waals surface area contributed by atoms with Gasteiger partial charge >= 0.3 is 0 Å². The average molecular weight is 289 g/mol. The van der Waals surface area contributed by atoms with Gasteiger partial charge in [0.2, 0.25) is 0 Å². The van der Waals surface area contributed by atoms with Crippen molar-refractivity contribution in [3.05, 3.63) is 12.7 Å². The molecule has 0 aromatic carbocycles. The lowest BCUT2D eigenvalue weighted by atomic mass is 9.97. The van der Waals surface area contributed by atoms with Crippen LogP contribution < -0.4 is 4.90 Å². The predicted octanol–water partition coefficient (Wildman–Crippen LogP) is 1.98. The molecule has 1 fully saturated rings. The first-order valence-electron chi connectivity index (χ1n) is 7.80. The molecule has 1 aliphatic rings. The van der Waals surface area contributed by atoms with Crippen LogP contribution in [-0.2, 0) is 6.54 Å². The van der Waals surface area contributed by atoms with E-state index in [1.54, 1.807) is 12.7 Å². The number of hydrogen-bond acceptors (Lipinski definition) is 5. The Labute approximate surface area is 124 Å². The van der Waals surface area contributed by atoms with Crippen LogP contribution in [0.15, 0.2) is 12.7 Å². The largest absolute Gasteiger partial charge is 0.388 e. The molecule has 0 unspecified atom stereocenters. The highest BCUT2D eigenvalue weighted by Gasteiger charge is 2.25. The Hall–Kier alpha value is -1.69. The van der Waals surface area contributed by atoms with Crippen LogP contribution in [0.2, 0.25) is 0 Å². The van der Waals surface area contributed by atoms with Gasteiger partial charge in [-0.15, -0.1) is 0 Å². The van der Waals surface area contributed by atoms with Gasteiger partial charge in [0, 0.05) is 13.1 Å². The van der Waals surface area contributed by atoms with Crippen LogP contribution in [-0.4, -0.2) is 43.3 Å². The van der Waals surface area contributed by atoms with E-state index < -0.39 is 5.60 Å². The summed E-state index contributed by atoms with van der Waals surface area (Å²) in [5.74, 6) is 0.924. The van der Waals surface area contributed by atoms with Gasteiger partial charge in [-0.1, -0.05) is 13.8 Å². The van der Waals surface area contributed by atoms with E-state index in [1.807, 2.05) is 18.4 Å². The average Bonchev–Trinajstić information content (AvgIpc) is 3.17. The summed E-state index contributed by atoms with van der Waals surface area (Å²) in [6.45, 7) is 6.60. The molecule has 6 heteroatoms. The molecular formula is C15H23N5O. The molecule has 1 saturated heterocycles. The summed E-state index contributed by atoms with van der Waals surface area (Å²) >= 11 is 0. The number of imidazole rings is 1. The second kappa shape index (κ2) is 5.60. The first kappa shape index (κ1) is 14.3. The Balaban J connectivity index is 1.97. The minimum absolute atomic E-state index is 0.521. The molecule has 3 rings (SSSR count). The van der Waals surface area contributed by atoms with Crippen molar-refractivity contribution in [2.24, 2.45) is 0 Å². The van der Waals surface area contributed by atoms with Gasteiger partial charge < -0.3 is 14.6 Å². The highest BCUT2D eigenvalue weighted by Crippen LogP contribution is 2.26. The zero-order valence-electron chi connectivity index (χ0n) is 12.8. The molecule has 0 spiro atoms. The zero-order chi connectivity index (χ0) is 14.9. The number of fused-ring (bicyclic) bond motifs is 1. The fraction of sp³-hybridized carbons (Fsp3) is 0.667. The van der Waals surface area contributed by atoms with Gasteiger partial charge in [-0.3, -0.25) is 0 Å². The molecular weight excluding hydrogens is 266 g/mol. The van der Waals surface area contributed by atoms with Crippen LogP contribution in [0.4, 0.5) is 5.82 Å². The second-order valence-corrected chi connectivity index (χ2v) is 5.87. The summed E-state index contributed by atoms with van der Waals surface area (Å²) in [7, 11) is 0. The topological polar surface area (TPSA) is 67.1 Å². The maximum Gasteiger partial charge on any atom is 0.165 e. The summed E-state index contributed by atoms with van der Waals surface area (Å²) in [5.41, 5.74) is 0.952. The van der Waals surface area contributed by atoms with Gasteiger partial charge in [0.15, 0.2) is 17.0 Å². The lowest BCUT2D eigenvalue weighted by Gasteiger charge is -2.25. The molecule has 0 atom stereocenters. The summed E-state index contributed by atoms with van der Waals surface area (Å²) in [5, 5.41) is 10.5. The zero-order valence-corrected chi connectivity index (χ0v) is 12.8. The summed E-state index contributed by atoms with van der Waals surface area (Å²) in [4.78, 5) is 15.6. The molecule has 1 aliphatic heterocycles. The Morgan fingerprint density at radius 1 is 1.14 bits per heavy atom. The van der Waals surface area contributed by atoms with Crippen molar-refractivity contribution < 1.29 is 5.11 Å². The van der Waals surface area contributed by atoms with Crippen molar-refractivity contribution in [1.29, 1.82) is 0 Å². The third kappa shape index (κ3) is 2.60. The van der Waals surface area contributed by atoms with E-state index in [1.165, 1.54) is 12.8 Å². The van der Waals surface area contributed by atoms with E-state index in [2.05, 4.69) is 19.9 Å². The molecule has 2 aromatic rings. The van der Waals surface area contributed by atoms with E-state index in [4.69, 9.17) is 0 Å². The van der Waals surface area contributed by atoms with Crippen molar-refractivity contribution in [2.75, 3.05) is 18.0 Å². The number of rotatable bonds is 5. The Morgan fingerprint density at radius 3 is 2.52 bits per heavy atom. The fourth-order valence-electron chi connectivity index (χ4n) is 2.94. The lowest BCUT2D eigenvalue weighted by Crippen LogP contribution is -2.32. The number of nitrogens with zero attached hydrogens (tertiary/aromatic N) is 5. The van der Waals surface area contributed by atoms with E-state index in [-0.39, 0.29) is 0 Å². The third-order valence-electron chi connectivity index (χ3n) is 4.57. The lowest BCUT2D eigenvalue weighted by molar-refractivity contribution is 0.0159. The molecule has 0 bridgehead atoms. The predicted molar refractivity (Wildman–Crippen MR) is 82.3 cm³/mol. The van der Waals surface area contributed by atoms with Crippen LogP contribution in [0.3, 0.4) is 0 Å². The van der Waals surface area contributed by atoms with E-state index in [0.717, 1.165) is 30.1 Å². The van der Waals surface area contributed by atoms with Crippen LogP contribution in [0.1, 0.15) is 39.5 Å². The number of anilines is 1. The molecule has 1 N–H and O–H groups in total. The number of hydrogen-bond donors (Lipinski definition) is 1. The maximum atomic E-state index is 10.5. The van der Waals surface area contributed by atoms with E-state index in [9.17, 15) is 5.11 Å². The summed E-state index contributed by atoms with van der Waals surface area (Å²) in [6.07, 6.45) is 7.22. The maximum absolute atomic E-state index is 10.5. The minimum atomic E-state index is -0.702. The highest BCUT2D eigenvalue weighted by atomic mass is 16.3. The number of aromatic nitrogens is 4. The van der Waals surface area contributed by atoms with Crippen LogP contribution in [0, 0.1) is 0 Å². The molecule has 6 nitrogen and oxygen atoms in total. The molecule has 114 valence electrons. The molecule has 0 aliphatic carbocycles. The molecule has 0 amide bonds. The normalized spacial score (nSPS) is 16.0. The van der Waals surface area contributed by atoms with Gasteiger partial charge in [0.25, 0.3) is 0 Å².